The Morgan fingerprint density at radius 3 is 2.96 bits per heavy atom. The van der Waals surface area contributed by atoms with Gasteiger partial charge in [0.15, 0.2) is 0 Å². The minimum absolute atomic E-state index is 0.336. The first-order valence-electron chi connectivity index (χ1n) is 8.08. The van der Waals surface area contributed by atoms with Gasteiger partial charge < -0.3 is 9.84 Å². The van der Waals surface area contributed by atoms with Crippen LogP contribution in [-0.4, -0.2) is 40.3 Å². The van der Waals surface area contributed by atoms with Crippen molar-refractivity contribution in [1.82, 2.24) is 9.88 Å². The Labute approximate surface area is 137 Å². The number of aryl methyl sites for hydroxylation is 2. The van der Waals surface area contributed by atoms with Crippen molar-refractivity contribution in [1.29, 1.82) is 0 Å². The van der Waals surface area contributed by atoms with Gasteiger partial charge in [0.25, 0.3) is 0 Å². The number of β-amino-alcohol motifs (C(OH)–C–C–N with tert-alkyl or cyclic N) is 1. The number of likely N-dealkylation sites (tertiary alicyclic amines) is 1. The van der Waals surface area contributed by atoms with Gasteiger partial charge in [0, 0.05) is 32.0 Å². The van der Waals surface area contributed by atoms with E-state index in [0.717, 1.165) is 30.8 Å². The van der Waals surface area contributed by atoms with Gasteiger partial charge in [-0.15, -0.1) is 0 Å². The highest BCUT2D eigenvalue weighted by molar-refractivity contribution is 5.27. The van der Waals surface area contributed by atoms with E-state index in [0.29, 0.717) is 13.2 Å². The molecule has 1 aromatic carbocycles. The van der Waals surface area contributed by atoms with Gasteiger partial charge >= 0.3 is 0 Å². The van der Waals surface area contributed by atoms with Gasteiger partial charge in [-0.2, -0.15) is 0 Å². The van der Waals surface area contributed by atoms with Crippen molar-refractivity contribution in [3.63, 3.8) is 0 Å². The van der Waals surface area contributed by atoms with Crippen LogP contribution in [-0.2, 0) is 6.54 Å². The quantitative estimate of drug-likeness (QED) is 0.922. The second-order valence-electron chi connectivity index (χ2n) is 6.59. The molecule has 0 aliphatic carbocycles. The SMILES string of the molecule is Cc1cccc(OC[C@]2(O)CCN(Cc3ccncc3C)C2)c1. The monoisotopic (exact) mass is 312 g/mol. The van der Waals surface area contributed by atoms with Crippen LogP contribution in [0, 0.1) is 13.8 Å². The number of benzene rings is 1. The summed E-state index contributed by atoms with van der Waals surface area (Å²) in [6, 6.07) is 9.99. The molecule has 1 saturated heterocycles. The third-order valence-electron chi connectivity index (χ3n) is 4.44. The van der Waals surface area contributed by atoms with Crippen molar-refractivity contribution in [2.24, 2.45) is 0 Å². The summed E-state index contributed by atoms with van der Waals surface area (Å²) < 4.78 is 5.81. The lowest BCUT2D eigenvalue weighted by Crippen LogP contribution is -2.39. The van der Waals surface area contributed by atoms with Gasteiger partial charge in [0.05, 0.1) is 0 Å². The maximum Gasteiger partial charge on any atom is 0.119 e. The number of nitrogens with zero attached hydrogens (tertiary/aromatic N) is 2. The van der Waals surface area contributed by atoms with E-state index in [1.165, 1.54) is 11.1 Å². The van der Waals surface area contributed by atoms with Crippen molar-refractivity contribution in [3.05, 3.63) is 59.4 Å². The fourth-order valence-corrected chi connectivity index (χ4v) is 3.04. The standard InChI is InChI=1S/C19H24N2O2/c1-15-4-3-5-18(10-15)23-14-19(22)7-9-21(13-19)12-17-6-8-20-11-16(17)2/h3-6,8,10-11,22H,7,9,12-14H2,1-2H3/t19-/m0/s1. The van der Waals surface area contributed by atoms with E-state index >= 15 is 0 Å². The minimum atomic E-state index is -0.773. The lowest BCUT2D eigenvalue weighted by molar-refractivity contribution is 0.00335. The average Bonchev–Trinajstić information content (AvgIpc) is 2.90. The molecule has 0 bridgehead atoms. The van der Waals surface area contributed by atoms with Crippen LogP contribution in [0.2, 0.25) is 0 Å². The van der Waals surface area contributed by atoms with Crippen molar-refractivity contribution in [3.8, 4) is 5.75 Å². The van der Waals surface area contributed by atoms with Crippen LogP contribution in [0.3, 0.4) is 0 Å². The van der Waals surface area contributed by atoms with Crippen molar-refractivity contribution in [2.45, 2.75) is 32.4 Å². The van der Waals surface area contributed by atoms with Crippen molar-refractivity contribution in [2.75, 3.05) is 19.7 Å². The van der Waals surface area contributed by atoms with Gasteiger partial charge in [-0.1, -0.05) is 12.1 Å². The number of aromatic nitrogens is 1. The molecule has 23 heavy (non-hydrogen) atoms. The molecule has 1 aliphatic rings. The predicted octanol–water partition coefficient (Wildman–Crippen LogP) is 2.71. The van der Waals surface area contributed by atoms with E-state index in [9.17, 15) is 5.11 Å². The molecule has 0 unspecified atom stereocenters. The van der Waals surface area contributed by atoms with Crippen molar-refractivity contribution >= 4 is 0 Å². The van der Waals surface area contributed by atoms with Crippen LogP contribution in [0.25, 0.3) is 0 Å². The van der Waals surface area contributed by atoms with Gasteiger partial charge in [0.2, 0.25) is 0 Å². The Hall–Kier alpha value is -1.91. The highest BCUT2D eigenvalue weighted by Gasteiger charge is 2.36. The number of hydrogen-bond donors (Lipinski definition) is 1. The summed E-state index contributed by atoms with van der Waals surface area (Å²) in [5.74, 6) is 0.821. The topological polar surface area (TPSA) is 45.6 Å². The zero-order valence-corrected chi connectivity index (χ0v) is 13.8. The lowest BCUT2D eigenvalue weighted by atomic mass is 10.1. The third kappa shape index (κ3) is 4.09. The molecule has 4 heteroatoms. The van der Waals surface area contributed by atoms with Gasteiger partial charge in [0.1, 0.15) is 18.0 Å². The highest BCUT2D eigenvalue weighted by atomic mass is 16.5. The maximum atomic E-state index is 10.8. The van der Waals surface area contributed by atoms with E-state index < -0.39 is 5.60 Å². The number of rotatable bonds is 5. The second kappa shape index (κ2) is 6.69. The maximum absolute atomic E-state index is 10.8. The molecule has 2 aromatic rings. The molecule has 4 nitrogen and oxygen atoms in total. The number of pyridine rings is 1. The fourth-order valence-electron chi connectivity index (χ4n) is 3.04. The van der Waals surface area contributed by atoms with Gasteiger partial charge in [-0.3, -0.25) is 9.88 Å². The van der Waals surface area contributed by atoms with Crippen LogP contribution in [0.15, 0.2) is 42.7 Å². The molecule has 1 fully saturated rings. The van der Waals surface area contributed by atoms with Crippen LogP contribution in [0.5, 0.6) is 5.75 Å². The molecule has 0 saturated carbocycles. The molecule has 122 valence electrons. The average molecular weight is 312 g/mol. The molecule has 0 spiro atoms. The number of aliphatic hydroxyl groups is 1. The zero-order valence-electron chi connectivity index (χ0n) is 13.8. The molecular formula is C19H24N2O2. The van der Waals surface area contributed by atoms with Crippen LogP contribution >= 0.6 is 0 Å². The van der Waals surface area contributed by atoms with Crippen LogP contribution in [0.1, 0.15) is 23.1 Å². The Balaban J connectivity index is 1.56. The molecule has 0 amide bonds. The summed E-state index contributed by atoms with van der Waals surface area (Å²) >= 11 is 0. The molecule has 2 heterocycles. The first-order valence-corrected chi connectivity index (χ1v) is 8.08. The van der Waals surface area contributed by atoms with Crippen molar-refractivity contribution < 1.29 is 9.84 Å². The first-order chi connectivity index (χ1) is 11.0. The molecule has 1 atom stereocenters. The van der Waals surface area contributed by atoms with E-state index in [-0.39, 0.29) is 0 Å². The van der Waals surface area contributed by atoms with Crippen LogP contribution in [0.4, 0.5) is 0 Å². The summed E-state index contributed by atoms with van der Waals surface area (Å²) in [7, 11) is 0. The number of ether oxygens (including phenoxy) is 1. The Morgan fingerprint density at radius 2 is 2.17 bits per heavy atom. The molecular weight excluding hydrogens is 288 g/mol. The minimum Gasteiger partial charge on any atom is -0.491 e. The summed E-state index contributed by atoms with van der Waals surface area (Å²) in [4.78, 5) is 6.41. The first kappa shape index (κ1) is 16.0. The second-order valence-corrected chi connectivity index (χ2v) is 6.59. The molecule has 1 aromatic heterocycles. The largest absolute Gasteiger partial charge is 0.491 e. The smallest absolute Gasteiger partial charge is 0.119 e. The highest BCUT2D eigenvalue weighted by Crippen LogP contribution is 2.25. The van der Waals surface area contributed by atoms with E-state index in [1.54, 1.807) is 0 Å². The fraction of sp³-hybridized carbons (Fsp3) is 0.421. The Morgan fingerprint density at radius 1 is 1.30 bits per heavy atom. The van der Waals surface area contributed by atoms with Gasteiger partial charge in [-0.05, 0) is 55.2 Å². The third-order valence-corrected chi connectivity index (χ3v) is 4.44. The summed E-state index contributed by atoms with van der Waals surface area (Å²) in [5.41, 5.74) is 2.85. The summed E-state index contributed by atoms with van der Waals surface area (Å²) in [5, 5.41) is 10.8. The lowest BCUT2D eigenvalue weighted by Gasteiger charge is -2.24. The molecule has 3 rings (SSSR count). The zero-order chi connectivity index (χ0) is 16.3. The summed E-state index contributed by atoms with van der Waals surface area (Å²) in [6.07, 6.45) is 4.45. The molecule has 1 aliphatic heterocycles. The number of hydrogen-bond acceptors (Lipinski definition) is 4. The summed E-state index contributed by atoms with van der Waals surface area (Å²) in [6.45, 7) is 6.82. The van der Waals surface area contributed by atoms with E-state index in [2.05, 4.69) is 22.9 Å². The Kier molecular flexibility index (Phi) is 4.64. The Bertz CT molecular complexity index is 674. The van der Waals surface area contributed by atoms with Gasteiger partial charge in [-0.25, -0.2) is 0 Å². The van der Waals surface area contributed by atoms with Crippen LogP contribution < -0.4 is 4.74 Å². The predicted molar refractivity (Wildman–Crippen MR) is 90.5 cm³/mol. The van der Waals surface area contributed by atoms with E-state index in [4.69, 9.17) is 4.74 Å². The van der Waals surface area contributed by atoms with E-state index in [1.807, 2.05) is 43.6 Å². The normalized spacial score (nSPS) is 21.5. The molecule has 1 N–H and O–H groups in total. The molecule has 0 radical (unpaired) electrons.